The Hall–Kier alpha value is 0.0243. The fraction of sp³-hybridized carbons (Fsp3) is 0.857. The van der Waals surface area contributed by atoms with E-state index in [1.807, 2.05) is 0 Å². The molecular weight excluding hydrogens is 226 g/mol. The van der Waals surface area contributed by atoms with E-state index in [4.69, 9.17) is 15.3 Å². The van der Waals surface area contributed by atoms with Crippen LogP contribution in [0.2, 0.25) is 0 Å². The minimum absolute atomic E-state index is 0. The van der Waals surface area contributed by atoms with Gasteiger partial charge in [-0.1, -0.05) is 5.06 Å². The van der Waals surface area contributed by atoms with Gasteiger partial charge < -0.3 is 20.2 Å². The number of hydroxylamine groups is 2. The molecule has 7 heteroatoms. The molecule has 0 aromatic heterocycles. The van der Waals surface area contributed by atoms with Gasteiger partial charge in [-0.25, -0.2) is 4.79 Å². The van der Waals surface area contributed by atoms with Gasteiger partial charge in [-0.2, -0.15) is 0 Å². The van der Waals surface area contributed by atoms with Crippen LogP contribution in [0.3, 0.4) is 0 Å². The number of aliphatic hydroxyl groups excluding tert-OH is 3. The summed E-state index contributed by atoms with van der Waals surface area (Å²) >= 11 is 0. The SMILES string of the molecule is CC(O)C(=O)ON(C(C)O)C(C)O.[Ti]. The second kappa shape index (κ2) is 7.33. The van der Waals surface area contributed by atoms with Crippen LogP contribution in [0.4, 0.5) is 0 Å². The summed E-state index contributed by atoms with van der Waals surface area (Å²) in [5, 5.41) is 27.5. The van der Waals surface area contributed by atoms with E-state index in [1.165, 1.54) is 20.8 Å². The van der Waals surface area contributed by atoms with Crippen molar-refractivity contribution in [1.29, 1.82) is 0 Å². The summed E-state index contributed by atoms with van der Waals surface area (Å²) in [5.74, 6) is -0.929. The zero-order valence-electron chi connectivity index (χ0n) is 8.34. The van der Waals surface area contributed by atoms with Crippen LogP contribution < -0.4 is 0 Å². The molecule has 0 fully saturated rings. The maximum absolute atomic E-state index is 10.8. The minimum Gasteiger partial charge on any atom is -0.382 e. The van der Waals surface area contributed by atoms with Crippen LogP contribution in [0.15, 0.2) is 0 Å². The van der Waals surface area contributed by atoms with Gasteiger partial charge in [0.2, 0.25) is 0 Å². The van der Waals surface area contributed by atoms with Crippen molar-refractivity contribution in [2.24, 2.45) is 0 Å². The van der Waals surface area contributed by atoms with Gasteiger partial charge in [0, 0.05) is 21.7 Å². The predicted molar refractivity (Wildman–Crippen MR) is 43.0 cm³/mol. The number of aliphatic hydroxyl groups is 3. The molecule has 6 nitrogen and oxygen atoms in total. The van der Waals surface area contributed by atoms with Crippen molar-refractivity contribution >= 4 is 5.97 Å². The van der Waals surface area contributed by atoms with Crippen LogP contribution in [-0.2, 0) is 31.3 Å². The fourth-order valence-electron chi connectivity index (χ4n) is 0.645. The Kier molecular flexibility index (Phi) is 8.62. The first kappa shape index (κ1) is 16.5. The molecule has 0 aliphatic carbocycles. The third-order valence-corrected chi connectivity index (χ3v) is 1.27. The molecule has 3 unspecified atom stereocenters. The van der Waals surface area contributed by atoms with E-state index in [2.05, 4.69) is 4.84 Å². The van der Waals surface area contributed by atoms with E-state index in [0.29, 0.717) is 5.06 Å². The Bertz CT molecular complexity index is 165. The van der Waals surface area contributed by atoms with Crippen LogP contribution in [0.25, 0.3) is 0 Å². The first-order valence-corrected chi connectivity index (χ1v) is 3.90. The summed E-state index contributed by atoms with van der Waals surface area (Å²) in [6, 6.07) is 0. The number of hydrogen-bond donors (Lipinski definition) is 3. The molecule has 0 aliphatic rings. The second-order valence-corrected chi connectivity index (χ2v) is 2.71. The van der Waals surface area contributed by atoms with Gasteiger partial charge in [-0.15, -0.1) is 0 Å². The van der Waals surface area contributed by atoms with Gasteiger partial charge in [-0.3, -0.25) is 0 Å². The van der Waals surface area contributed by atoms with Gasteiger partial charge in [0.15, 0.2) is 6.10 Å². The molecule has 0 spiro atoms. The Labute approximate surface area is 97.3 Å². The summed E-state index contributed by atoms with van der Waals surface area (Å²) in [7, 11) is 0. The maximum atomic E-state index is 10.8. The number of hydrogen-bond acceptors (Lipinski definition) is 6. The number of carbonyl (C=O) groups excluding carboxylic acids is 1. The van der Waals surface area contributed by atoms with Crippen LogP contribution in [-0.4, -0.2) is 44.9 Å². The maximum Gasteiger partial charge on any atom is 0.353 e. The van der Waals surface area contributed by atoms with E-state index in [0.717, 1.165) is 0 Å². The van der Waals surface area contributed by atoms with Crippen LogP contribution in [0, 0.1) is 0 Å². The summed E-state index contributed by atoms with van der Waals surface area (Å²) < 4.78 is 0. The van der Waals surface area contributed by atoms with Crippen molar-refractivity contribution in [2.45, 2.75) is 39.3 Å². The second-order valence-electron chi connectivity index (χ2n) is 2.71. The molecule has 0 amide bonds. The molecule has 14 heavy (non-hydrogen) atoms. The monoisotopic (exact) mass is 241 g/mol. The van der Waals surface area contributed by atoms with Gasteiger partial charge in [0.25, 0.3) is 0 Å². The zero-order chi connectivity index (χ0) is 10.6. The topological polar surface area (TPSA) is 90.2 Å². The molecule has 0 saturated carbocycles. The minimum atomic E-state index is -1.29. The average Bonchev–Trinajstić information content (AvgIpc) is 1.97. The standard InChI is InChI=1S/C7H15NO5.Ti/c1-4(9)7(12)13-8(5(2)10)6(3)11;/h4-6,9-11H,1-3H3;. The molecule has 3 atom stereocenters. The van der Waals surface area contributed by atoms with Gasteiger partial charge in [0.05, 0.1) is 0 Å². The Balaban J connectivity index is 0. The molecule has 0 bridgehead atoms. The van der Waals surface area contributed by atoms with Crippen molar-refractivity contribution in [3.05, 3.63) is 0 Å². The van der Waals surface area contributed by atoms with Crippen molar-refractivity contribution in [1.82, 2.24) is 5.06 Å². The summed E-state index contributed by atoms with van der Waals surface area (Å²) in [5.41, 5.74) is 0. The van der Waals surface area contributed by atoms with E-state index in [9.17, 15) is 4.79 Å². The third kappa shape index (κ3) is 5.69. The molecule has 0 aromatic rings. The molecule has 0 aromatic carbocycles. The van der Waals surface area contributed by atoms with Gasteiger partial charge in [-0.05, 0) is 20.8 Å². The average molecular weight is 241 g/mol. The molecule has 0 saturated heterocycles. The normalized spacial score (nSPS) is 16.8. The van der Waals surface area contributed by atoms with E-state index in [1.54, 1.807) is 0 Å². The first-order chi connectivity index (χ1) is 5.86. The smallest absolute Gasteiger partial charge is 0.353 e. The van der Waals surface area contributed by atoms with Crippen LogP contribution in [0.1, 0.15) is 20.8 Å². The molecular formula is C7H15NO5Ti. The van der Waals surface area contributed by atoms with Crippen molar-refractivity contribution in [3.63, 3.8) is 0 Å². The third-order valence-electron chi connectivity index (χ3n) is 1.27. The van der Waals surface area contributed by atoms with Crippen LogP contribution >= 0.6 is 0 Å². The molecule has 0 aliphatic heterocycles. The fourth-order valence-corrected chi connectivity index (χ4v) is 0.645. The molecule has 0 rings (SSSR count). The number of carbonyl (C=O) groups is 1. The molecule has 0 radical (unpaired) electrons. The Morgan fingerprint density at radius 1 is 1.14 bits per heavy atom. The van der Waals surface area contributed by atoms with Gasteiger partial charge >= 0.3 is 5.97 Å². The molecule has 3 N–H and O–H groups in total. The van der Waals surface area contributed by atoms with E-state index < -0.39 is 24.5 Å². The number of rotatable bonds is 4. The van der Waals surface area contributed by atoms with Gasteiger partial charge in [0.1, 0.15) is 12.5 Å². The number of nitrogens with zero attached hydrogens (tertiary/aromatic N) is 1. The van der Waals surface area contributed by atoms with Crippen molar-refractivity contribution in [3.8, 4) is 0 Å². The van der Waals surface area contributed by atoms with Crippen LogP contribution in [0.5, 0.6) is 0 Å². The largest absolute Gasteiger partial charge is 0.382 e. The summed E-state index contributed by atoms with van der Waals surface area (Å²) in [6.45, 7) is 3.87. The van der Waals surface area contributed by atoms with Crippen molar-refractivity contribution in [2.75, 3.05) is 0 Å². The van der Waals surface area contributed by atoms with E-state index in [-0.39, 0.29) is 21.7 Å². The first-order valence-electron chi connectivity index (χ1n) is 3.90. The van der Waals surface area contributed by atoms with E-state index >= 15 is 0 Å². The quantitative estimate of drug-likeness (QED) is 0.325. The summed E-state index contributed by atoms with van der Waals surface area (Å²) in [6.07, 6.45) is -3.56. The molecule has 82 valence electrons. The van der Waals surface area contributed by atoms with Crippen molar-refractivity contribution < 1.29 is 46.7 Å². The Morgan fingerprint density at radius 2 is 1.50 bits per heavy atom. The predicted octanol–water partition coefficient (Wildman–Crippen LogP) is -1.20. The Morgan fingerprint density at radius 3 is 1.71 bits per heavy atom. The zero-order valence-corrected chi connectivity index (χ0v) is 9.90. The summed E-state index contributed by atoms with van der Waals surface area (Å²) in [4.78, 5) is 15.3. The molecule has 0 heterocycles.